The number of rotatable bonds is 6. The smallest absolute Gasteiger partial charge is 0.238 e. The number of hydrogen-bond donors (Lipinski definition) is 1. The van der Waals surface area contributed by atoms with Gasteiger partial charge < -0.3 is 5.32 Å². The van der Waals surface area contributed by atoms with Crippen LogP contribution in [0.2, 0.25) is 0 Å². The predicted molar refractivity (Wildman–Crippen MR) is 113 cm³/mol. The zero-order valence-corrected chi connectivity index (χ0v) is 16.1. The molecule has 1 saturated heterocycles. The summed E-state index contributed by atoms with van der Waals surface area (Å²) >= 11 is 0. The molecule has 5 nitrogen and oxygen atoms in total. The van der Waals surface area contributed by atoms with Gasteiger partial charge in [-0.3, -0.25) is 19.5 Å². The Morgan fingerprint density at radius 2 is 1.72 bits per heavy atom. The number of carbonyl (C=O) groups excluding carboxylic acids is 2. The number of nitrogens with one attached hydrogen (secondary N) is 1. The maximum absolute atomic E-state index is 12.6. The molecule has 146 valence electrons. The van der Waals surface area contributed by atoms with Crippen molar-refractivity contribution in [3.05, 3.63) is 95.8 Å². The summed E-state index contributed by atoms with van der Waals surface area (Å²) in [4.78, 5) is 31.4. The highest BCUT2D eigenvalue weighted by Crippen LogP contribution is 2.31. The fourth-order valence-corrected chi connectivity index (χ4v) is 3.81. The van der Waals surface area contributed by atoms with Crippen molar-refractivity contribution < 1.29 is 9.59 Å². The van der Waals surface area contributed by atoms with E-state index in [0.29, 0.717) is 23.4 Å². The SMILES string of the molecule is O=C(CN1CCCC1c1cccnc1)Nc1ccc(C(=O)c2ccccc2)cc1. The Kier molecular flexibility index (Phi) is 5.77. The Labute approximate surface area is 170 Å². The van der Waals surface area contributed by atoms with Crippen LogP contribution in [-0.2, 0) is 4.79 Å². The molecule has 0 radical (unpaired) electrons. The molecular weight excluding hydrogens is 362 g/mol. The Balaban J connectivity index is 1.37. The van der Waals surface area contributed by atoms with Crippen LogP contribution in [0, 0.1) is 0 Å². The maximum atomic E-state index is 12.6. The zero-order valence-electron chi connectivity index (χ0n) is 16.1. The minimum absolute atomic E-state index is 0.0279. The molecule has 1 N–H and O–H groups in total. The average molecular weight is 385 g/mol. The Bertz CT molecular complexity index is 972. The quantitative estimate of drug-likeness (QED) is 0.649. The summed E-state index contributed by atoms with van der Waals surface area (Å²) in [6.07, 6.45) is 5.75. The monoisotopic (exact) mass is 385 g/mol. The van der Waals surface area contributed by atoms with Crippen molar-refractivity contribution in [2.45, 2.75) is 18.9 Å². The standard InChI is InChI=1S/C24H23N3O2/c28-23(17-27-15-5-9-22(27)20-8-4-14-25-16-20)26-21-12-10-19(11-13-21)24(29)18-6-2-1-3-7-18/h1-4,6-8,10-14,16,22H,5,9,15,17H2,(H,26,28). The highest BCUT2D eigenvalue weighted by atomic mass is 16.2. The molecule has 4 rings (SSSR count). The van der Waals surface area contributed by atoms with Gasteiger partial charge in [-0.2, -0.15) is 0 Å². The lowest BCUT2D eigenvalue weighted by Gasteiger charge is -2.23. The van der Waals surface area contributed by atoms with E-state index in [9.17, 15) is 9.59 Å². The lowest BCUT2D eigenvalue weighted by Crippen LogP contribution is -2.33. The van der Waals surface area contributed by atoms with Gasteiger partial charge in [0.2, 0.25) is 5.91 Å². The van der Waals surface area contributed by atoms with E-state index in [0.717, 1.165) is 24.9 Å². The first-order chi connectivity index (χ1) is 14.2. The van der Waals surface area contributed by atoms with E-state index in [2.05, 4.69) is 21.3 Å². The summed E-state index contributed by atoms with van der Waals surface area (Å²) in [6, 6.07) is 20.5. The zero-order chi connectivity index (χ0) is 20.1. The van der Waals surface area contributed by atoms with Crippen LogP contribution in [0.5, 0.6) is 0 Å². The molecule has 1 fully saturated rings. The fourth-order valence-electron chi connectivity index (χ4n) is 3.81. The van der Waals surface area contributed by atoms with Crippen molar-refractivity contribution in [1.29, 1.82) is 0 Å². The normalized spacial score (nSPS) is 16.5. The number of likely N-dealkylation sites (tertiary alicyclic amines) is 1. The van der Waals surface area contributed by atoms with E-state index >= 15 is 0 Å². The second kappa shape index (κ2) is 8.80. The molecule has 1 aromatic heterocycles. The molecule has 0 saturated carbocycles. The number of ketones is 1. The van der Waals surface area contributed by atoms with Gasteiger partial charge in [-0.05, 0) is 55.3 Å². The number of anilines is 1. The molecule has 1 aliphatic rings. The van der Waals surface area contributed by atoms with E-state index < -0.39 is 0 Å². The van der Waals surface area contributed by atoms with Crippen LogP contribution < -0.4 is 5.32 Å². The highest BCUT2D eigenvalue weighted by molar-refractivity contribution is 6.09. The summed E-state index contributed by atoms with van der Waals surface area (Å²) in [5.41, 5.74) is 3.10. The molecular formula is C24H23N3O2. The maximum Gasteiger partial charge on any atom is 0.238 e. The molecule has 0 aliphatic carbocycles. The Hall–Kier alpha value is -3.31. The van der Waals surface area contributed by atoms with Crippen LogP contribution in [0.3, 0.4) is 0 Å². The third kappa shape index (κ3) is 4.58. The van der Waals surface area contributed by atoms with E-state index in [1.807, 2.05) is 30.5 Å². The van der Waals surface area contributed by atoms with Gasteiger partial charge in [-0.15, -0.1) is 0 Å². The molecule has 2 aromatic carbocycles. The van der Waals surface area contributed by atoms with Crippen LogP contribution in [0.25, 0.3) is 0 Å². The van der Waals surface area contributed by atoms with Gasteiger partial charge in [0.1, 0.15) is 0 Å². The second-order valence-electron chi connectivity index (χ2n) is 7.24. The van der Waals surface area contributed by atoms with Crippen molar-refractivity contribution in [3.8, 4) is 0 Å². The minimum Gasteiger partial charge on any atom is -0.325 e. The van der Waals surface area contributed by atoms with Crippen LogP contribution in [0.1, 0.15) is 40.4 Å². The Morgan fingerprint density at radius 1 is 0.966 bits per heavy atom. The first-order valence-corrected chi connectivity index (χ1v) is 9.84. The minimum atomic E-state index is -0.0528. The summed E-state index contributed by atoms with van der Waals surface area (Å²) in [7, 11) is 0. The highest BCUT2D eigenvalue weighted by Gasteiger charge is 2.27. The molecule has 1 unspecified atom stereocenters. The van der Waals surface area contributed by atoms with E-state index in [4.69, 9.17) is 0 Å². The Morgan fingerprint density at radius 3 is 2.45 bits per heavy atom. The van der Waals surface area contributed by atoms with Gasteiger partial charge in [0.15, 0.2) is 5.78 Å². The van der Waals surface area contributed by atoms with Gasteiger partial charge >= 0.3 is 0 Å². The first kappa shape index (κ1) is 19.0. The molecule has 0 spiro atoms. The summed E-state index contributed by atoms with van der Waals surface area (Å²) in [6.45, 7) is 1.24. The van der Waals surface area contributed by atoms with E-state index in [1.165, 1.54) is 0 Å². The number of pyridine rings is 1. The summed E-state index contributed by atoms with van der Waals surface area (Å²) in [5, 5.41) is 2.94. The molecule has 1 aliphatic heterocycles. The van der Waals surface area contributed by atoms with Crippen LogP contribution >= 0.6 is 0 Å². The number of carbonyl (C=O) groups is 2. The second-order valence-corrected chi connectivity index (χ2v) is 7.24. The predicted octanol–water partition coefficient (Wildman–Crippen LogP) is 4.09. The van der Waals surface area contributed by atoms with Gasteiger partial charge in [-0.25, -0.2) is 0 Å². The third-order valence-electron chi connectivity index (χ3n) is 5.25. The number of hydrogen-bond acceptors (Lipinski definition) is 4. The molecule has 1 amide bonds. The first-order valence-electron chi connectivity index (χ1n) is 9.84. The number of benzene rings is 2. The molecule has 3 aromatic rings. The van der Waals surface area contributed by atoms with E-state index in [1.54, 1.807) is 42.6 Å². The van der Waals surface area contributed by atoms with E-state index in [-0.39, 0.29) is 17.7 Å². The summed E-state index contributed by atoms with van der Waals surface area (Å²) < 4.78 is 0. The molecule has 1 atom stereocenters. The molecule has 5 heteroatoms. The van der Waals surface area contributed by atoms with Gasteiger partial charge in [-0.1, -0.05) is 36.4 Å². The van der Waals surface area contributed by atoms with Crippen LogP contribution in [0.4, 0.5) is 5.69 Å². The fraction of sp³-hybridized carbons (Fsp3) is 0.208. The number of nitrogens with zero attached hydrogens (tertiary/aromatic N) is 2. The van der Waals surface area contributed by atoms with Crippen molar-refractivity contribution in [2.75, 3.05) is 18.4 Å². The van der Waals surface area contributed by atoms with Gasteiger partial charge in [0.05, 0.1) is 6.54 Å². The van der Waals surface area contributed by atoms with Gasteiger partial charge in [0, 0.05) is 35.2 Å². The third-order valence-corrected chi connectivity index (χ3v) is 5.25. The largest absolute Gasteiger partial charge is 0.325 e. The molecule has 2 heterocycles. The number of aromatic nitrogens is 1. The van der Waals surface area contributed by atoms with Crippen LogP contribution in [0.15, 0.2) is 79.1 Å². The van der Waals surface area contributed by atoms with Crippen molar-refractivity contribution in [3.63, 3.8) is 0 Å². The van der Waals surface area contributed by atoms with Crippen LogP contribution in [-0.4, -0.2) is 34.7 Å². The number of amides is 1. The molecule has 0 bridgehead atoms. The average Bonchev–Trinajstić information content (AvgIpc) is 3.23. The lowest BCUT2D eigenvalue weighted by atomic mass is 10.0. The summed E-state index contributed by atoms with van der Waals surface area (Å²) in [5.74, 6) is -0.0808. The van der Waals surface area contributed by atoms with Crippen molar-refractivity contribution in [2.24, 2.45) is 0 Å². The van der Waals surface area contributed by atoms with Crippen molar-refractivity contribution >= 4 is 17.4 Å². The lowest BCUT2D eigenvalue weighted by molar-refractivity contribution is -0.117. The van der Waals surface area contributed by atoms with Gasteiger partial charge in [0.25, 0.3) is 0 Å². The molecule has 29 heavy (non-hydrogen) atoms. The topological polar surface area (TPSA) is 62.3 Å². The van der Waals surface area contributed by atoms with Crippen molar-refractivity contribution in [1.82, 2.24) is 9.88 Å².